The van der Waals surface area contributed by atoms with Gasteiger partial charge in [-0.05, 0) is 12.2 Å². The van der Waals surface area contributed by atoms with E-state index in [0.29, 0.717) is 12.5 Å². The number of aliphatic imine (C=N–C) groups is 1. The molecule has 0 atom stereocenters. The van der Waals surface area contributed by atoms with Crippen LogP contribution in [0.4, 0.5) is 5.82 Å². The fourth-order valence-corrected chi connectivity index (χ4v) is 1.99. The van der Waals surface area contributed by atoms with E-state index in [2.05, 4.69) is 15.3 Å². The summed E-state index contributed by atoms with van der Waals surface area (Å²) in [5, 5.41) is 3.03. The van der Waals surface area contributed by atoms with Gasteiger partial charge in [0.1, 0.15) is 23.2 Å². The van der Waals surface area contributed by atoms with Crippen LogP contribution in [0.5, 0.6) is 0 Å². The molecule has 4 nitrogen and oxygen atoms in total. The zero-order valence-corrected chi connectivity index (χ0v) is 7.18. The molecule has 1 aromatic heterocycles. The summed E-state index contributed by atoms with van der Waals surface area (Å²) in [6.07, 6.45) is 0. The van der Waals surface area contributed by atoms with Crippen LogP contribution in [0, 0.1) is 3.95 Å². The van der Waals surface area contributed by atoms with Gasteiger partial charge in [-0.3, -0.25) is 0 Å². The normalized spacial score (nSPS) is 15.1. The summed E-state index contributed by atoms with van der Waals surface area (Å²) in [6, 6.07) is 0. The summed E-state index contributed by atoms with van der Waals surface area (Å²) in [7, 11) is 0. The third kappa shape index (κ3) is 1.04. The van der Waals surface area contributed by atoms with Gasteiger partial charge in [0.15, 0.2) is 3.95 Å². The maximum Gasteiger partial charge on any atom is 0.160 e. The largest absolute Gasteiger partial charge is 0.383 e. The minimum atomic E-state index is 0.529. The number of aromatic nitrogens is 1. The number of nitrogens with two attached hydrogens (primary N) is 1. The number of hydrogen-bond donors (Lipinski definition) is 3. The maximum absolute atomic E-state index is 5.61. The highest BCUT2D eigenvalue weighted by Crippen LogP contribution is 2.21. The molecule has 0 amide bonds. The van der Waals surface area contributed by atoms with Crippen molar-refractivity contribution in [1.82, 2.24) is 4.98 Å². The molecule has 2 heterocycles. The molecule has 58 valence electrons. The van der Waals surface area contributed by atoms with Gasteiger partial charge in [0.25, 0.3) is 0 Å². The van der Waals surface area contributed by atoms with Crippen molar-refractivity contribution in [3.63, 3.8) is 0 Å². The lowest BCUT2D eigenvalue weighted by molar-refractivity contribution is 1.09. The zero-order valence-electron chi connectivity index (χ0n) is 5.55. The molecule has 0 unspecified atom stereocenters. The Morgan fingerprint density at radius 2 is 2.45 bits per heavy atom. The van der Waals surface area contributed by atoms with Gasteiger partial charge in [0, 0.05) is 0 Å². The van der Waals surface area contributed by atoms with Crippen molar-refractivity contribution in [3.8, 4) is 0 Å². The van der Waals surface area contributed by atoms with E-state index in [1.807, 2.05) is 0 Å². The number of aromatic amines is 1. The Balaban J connectivity index is 2.64. The molecule has 0 saturated carbocycles. The van der Waals surface area contributed by atoms with Crippen LogP contribution in [0.25, 0.3) is 0 Å². The lowest BCUT2D eigenvalue weighted by atomic mass is 10.4. The molecular formula is C5H6N4S2. The van der Waals surface area contributed by atoms with Crippen molar-refractivity contribution in [2.45, 2.75) is 0 Å². The molecule has 0 aromatic carbocycles. The van der Waals surface area contributed by atoms with Gasteiger partial charge < -0.3 is 16.0 Å². The Kier molecular flexibility index (Phi) is 1.43. The lowest BCUT2D eigenvalue weighted by Gasteiger charge is -2.09. The van der Waals surface area contributed by atoms with Gasteiger partial charge in [0.2, 0.25) is 0 Å². The quantitative estimate of drug-likeness (QED) is 0.527. The van der Waals surface area contributed by atoms with Crippen LogP contribution in [-0.2, 0) is 0 Å². The van der Waals surface area contributed by atoms with E-state index < -0.39 is 0 Å². The van der Waals surface area contributed by atoms with E-state index in [4.69, 9.17) is 18.0 Å². The minimum Gasteiger partial charge on any atom is -0.383 e. The Bertz CT molecular complexity index is 361. The first kappa shape index (κ1) is 6.81. The van der Waals surface area contributed by atoms with Gasteiger partial charge in [-0.25, -0.2) is 4.99 Å². The first-order chi connectivity index (χ1) is 5.27. The molecule has 0 radical (unpaired) electrons. The van der Waals surface area contributed by atoms with E-state index in [9.17, 15) is 0 Å². The second-order valence-corrected chi connectivity index (χ2v) is 3.78. The van der Waals surface area contributed by atoms with Crippen molar-refractivity contribution in [3.05, 3.63) is 8.83 Å². The van der Waals surface area contributed by atoms with Gasteiger partial charge >= 0.3 is 0 Å². The first-order valence-corrected chi connectivity index (χ1v) is 4.27. The second kappa shape index (κ2) is 2.31. The molecule has 2 rings (SSSR count). The summed E-state index contributed by atoms with van der Waals surface area (Å²) < 4.78 is 0.725. The Hall–Kier alpha value is -0.880. The molecule has 6 heteroatoms. The van der Waals surface area contributed by atoms with E-state index in [1.165, 1.54) is 11.3 Å². The highest BCUT2D eigenvalue weighted by molar-refractivity contribution is 7.73. The highest BCUT2D eigenvalue weighted by Gasteiger charge is 2.12. The molecule has 0 aliphatic carbocycles. The number of amidine groups is 1. The topological polar surface area (TPSA) is 66.2 Å². The van der Waals surface area contributed by atoms with Crippen LogP contribution in [0.2, 0.25) is 0 Å². The molecule has 1 aromatic rings. The van der Waals surface area contributed by atoms with Crippen molar-refractivity contribution in [2.75, 3.05) is 12.0 Å². The number of nitrogens with one attached hydrogen (secondary N) is 2. The smallest absolute Gasteiger partial charge is 0.160 e. The molecule has 0 fully saturated rings. The third-order valence-electron chi connectivity index (χ3n) is 1.39. The number of rotatable bonds is 0. The SMILES string of the molecule is NC1=NCNc2[nH]c(=S)sc21. The number of H-pyrrole nitrogens is 1. The van der Waals surface area contributed by atoms with Crippen molar-refractivity contribution in [2.24, 2.45) is 10.7 Å². The van der Waals surface area contributed by atoms with Crippen molar-refractivity contribution in [1.29, 1.82) is 0 Å². The molecular weight excluding hydrogens is 180 g/mol. The fraction of sp³-hybridized carbons (Fsp3) is 0.200. The standard InChI is InChI=1S/C5H6N4S2/c6-3-2-4(8-1-7-3)9-5(10)11-2/h8H,1H2,(H2,6,7)(H,9,10). The Morgan fingerprint density at radius 3 is 3.18 bits per heavy atom. The molecule has 0 bridgehead atoms. The number of nitrogens with zero attached hydrogens (tertiary/aromatic N) is 1. The number of hydrogen-bond acceptors (Lipinski definition) is 5. The summed E-state index contributed by atoms with van der Waals surface area (Å²) in [5.41, 5.74) is 5.61. The number of thiazole rings is 1. The lowest BCUT2D eigenvalue weighted by Crippen LogP contribution is -2.20. The predicted octanol–water partition coefficient (Wildman–Crippen LogP) is 0.894. The highest BCUT2D eigenvalue weighted by atomic mass is 32.1. The fourth-order valence-electron chi connectivity index (χ4n) is 0.908. The van der Waals surface area contributed by atoms with Crippen LogP contribution in [0.1, 0.15) is 4.88 Å². The Morgan fingerprint density at radius 1 is 1.64 bits per heavy atom. The van der Waals surface area contributed by atoms with E-state index >= 15 is 0 Å². The average Bonchev–Trinajstić information content (AvgIpc) is 2.31. The van der Waals surface area contributed by atoms with Crippen LogP contribution in [-0.4, -0.2) is 17.5 Å². The summed E-state index contributed by atoms with van der Waals surface area (Å²) >= 11 is 6.39. The molecule has 4 N–H and O–H groups in total. The molecule has 1 aliphatic heterocycles. The van der Waals surface area contributed by atoms with Gasteiger partial charge in [-0.1, -0.05) is 11.3 Å². The summed E-state index contributed by atoms with van der Waals surface area (Å²) in [4.78, 5) is 7.92. The molecule has 1 aliphatic rings. The monoisotopic (exact) mass is 186 g/mol. The van der Waals surface area contributed by atoms with Gasteiger partial charge in [-0.2, -0.15) is 0 Å². The first-order valence-electron chi connectivity index (χ1n) is 3.04. The van der Waals surface area contributed by atoms with Crippen molar-refractivity contribution < 1.29 is 0 Å². The van der Waals surface area contributed by atoms with Crippen LogP contribution >= 0.6 is 23.6 Å². The van der Waals surface area contributed by atoms with Crippen LogP contribution < -0.4 is 11.1 Å². The van der Waals surface area contributed by atoms with Crippen LogP contribution in [0.3, 0.4) is 0 Å². The number of anilines is 1. The molecule has 11 heavy (non-hydrogen) atoms. The summed E-state index contributed by atoms with van der Waals surface area (Å²) in [6.45, 7) is 0.529. The zero-order chi connectivity index (χ0) is 7.84. The maximum atomic E-state index is 5.61. The summed E-state index contributed by atoms with van der Waals surface area (Å²) in [5.74, 6) is 1.46. The molecule has 0 spiro atoms. The van der Waals surface area contributed by atoms with E-state index in [0.717, 1.165) is 14.6 Å². The predicted molar refractivity (Wildman–Crippen MR) is 48.7 cm³/mol. The molecule has 0 saturated heterocycles. The second-order valence-electron chi connectivity index (χ2n) is 2.10. The third-order valence-corrected chi connectivity index (χ3v) is 2.64. The Labute approximate surface area is 72.2 Å². The number of fused-ring (bicyclic) bond motifs is 1. The van der Waals surface area contributed by atoms with Crippen molar-refractivity contribution >= 4 is 35.2 Å². The van der Waals surface area contributed by atoms with E-state index in [1.54, 1.807) is 0 Å². The van der Waals surface area contributed by atoms with E-state index in [-0.39, 0.29) is 0 Å². The average molecular weight is 186 g/mol. The minimum absolute atomic E-state index is 0.529. The van der Waals surface area contributed by atoms with Gasteiger partial charge in [-0.15, -0.1) is 0 Å². The van der Waals surface area contributed by atoms with Gasteiger partial charge in [0.05, 0.1) is 0 Å². The van der Waals surface area contributed by atoms with Crippen LogP contribution in [0.15, 0.2) is 4.99 Å².